The van der Waals surface area contributed by atoms with Gasteiger partial charge in [0.05, 0.1) is 29.2 Å². The zero-order chi connectivity index (χ0) is 28.3. The van der Waals surface area contributed by atoms with Gasteiger partial charge in [0.2, 0.25) is 0 Å². The second-order valence-electron chi connectivity index (χ2n) is 8.96. The van der Waals surface area contributed by atoms with Crippen LogP contribution in [0.5, 0.6) is 0 Å². The molecule has 0 radical (unpaired) electrons. The summed E-state index contributed by atoms with van der Waals surface area (Å²) in [6.45, 7) is 1.90. The summed E-state index contributed by atoms with van der Waals surface area (Å²) in [5.41, 5.74) is 3.81. The molecular weight excluding hydrogens is 527 g/mol. The molecule has 0 saturated carbocycles. The van der Waals surface area contributed by atoms with E-state index in [0.717, 1.165) is 5.56 Å². The average molecular weight is 550 g/mol. The van der Waals surface area contributed by atoms with Gasteiger partial charge in [-0.3, -0.25) is 15.1 Å². The van der Waals surface area contributed by atoms with Crippen molar-refractivity contribution in [3.63, 3.8) is 0 Å². The fourth-order valence-corrected chi connectivity index (χ4v) is 4.18. The minimum absolute atomic E-state index is 0.0340. The third-order valence-corrected chi connectivity index (χ3v) is 6.05. The fourth-order valence-electron chi connectivity index (χ4n) is 4.18. The van der Waals surface area contributed by atoms with Crippen LogP contribution in [0, 0.1) is 17.0 Å². The molecule has 3 heterocycles. The maximum Gasteiger partial charge on any atom is 0.394 e. The zero-order valence-corrected chi connectivity index (χ0v) is 21.1. The Bertz CT molecular complexity index is 1610. The van der Waals surface area contributed by atoms with Crippen LogP contribution in [-0.4, -0.2) is 30.8 Å². The largest absolute Gasteiger partial charge is 0.394 e. The molecular formula is C28H22F3N5O4. The van der Waals surface area contributed by atoms with Crippen molar-refractivity contribution in [2.75, 3.05) is 0 Å². The van der Waals surface area contributed by atoms with Crippen LogP contribution in [0.1, 0.15) is 22.8 Å². The van der Waals surface area contributed by atoms with Gasteiger partial charge in [-0.2, -0.15) is 13.2 Å². The number of benzene rings is 2. The number of alkyl halides is 3. The van der Waals surface area contributed by atoms with Crippen LogP contribution in [0.2, 0.25) is 0 Å². The van der Waals surface area contributed by atoms with Crippen LogP contribution in [0.3, 0.4) is 0 Å². The third kappa shape index (κ3) is 6.07. The molecule has 0 atom stereocenters. The van der Waals surface area contributed by atoms with Crippen molar-refractivity contribution in [2.45, 2.75) is 32.7 Å². The van der Waals surface area contributed by atoms with Crippen LogP contribution >= 0.6 is 0 Å². The molecule has 0 amide bonds. The summed E-state index contributed by atoms with van der Waals surface area (Å²) in [6, 6.07) is 18.4. The van der Waals surface area contributed by atoms with E-state index in [4.69, 9.17) is 14.2 Å². The predicted molar refractivity (Wildman–Crippen MR) is 138 cm³/mol. The van der Waals surface area contributed by atoms with E-state index in [1.54, 1.807) is 29.8 Å². The SMILES string of the molecule is Cc1onc(-c2ccccc2)c1-c1cn(-c2ccc([N+](=O)[O-])cc2)c(COCc2ccc(CC(F)(F)F)nc2)n1. The number of aryl methyl sites for hydroxylation is 1. The summed E-state index contributed by atoms with van der Waals surface area (Å²) in [7, 11) is 0. The Kier molecular flexibility index (Phi) is 7.43. The monoisotopic (exact) mass is 549 g/mol. The number of rotatable bonds is 9. The van der Waals surface area contributed by atoms with Crippen molar-refractivity contribution in [2.24, 2.45) is 0 Å². The first-order valence-electron chi connectivity index (χ1n) is 12.1. The molecule has 0 aliphatic heterocycles. The maximum atomic E-state index is 12.6. The first-order valence-corrected chi connectivity index (χ1v) is 12.1. The Morgan fingerprint density at radius 3 is 2.42 bits per heavy atom. The molecule has 9 nitrogen and oxygen atoms in total. The van der Waals surface area contributed by atoms with Crippen LogP contribution in [0.15, 0.2) is 83.6 Å². The van der Waals surface area contributed by atoms with Crippen molar-refractivity contribution >= 4 is 5.69 Å². The number of nitrogens with zero attached hydrogens (tertiary/aromatic N) is 5. The number of nitro groups is 1. The van der Waals surface area contributed by atoms with Crippen molar-refractivity contribution in [1.29, 1.82) is 0 Å². The fraction of sp³-hybridized carbons (Fsp3) is 0.179. The molecule has 2 aromatic carbocycles. The molecule has 5 aromatic rings. The van der Waals surface area contributed by atoms with E-state index in [9.17, 15) is 23.3 Å². The number of aromatic nitrogens is 4. The highest BCUT2D eigenvalue weighted by Crippen LogP contribution is 2.34. The van der Waals surface area contributed by atoms with Gasteiger partial charge in [-0.1, -0.05) is 41.6 Å². The highest BCUT2D eigenvalue weighted by atomic mass is 19.4. The van der Waals surface area contributed by atoms with E-state index in [2.05, 4.69) is 10.1 Å². The van der Waals surface area contributed by atoms with Gasteiger partial charge in [0.15, 0.2) is 0 Å². The van der Waals surface area contributed by atoms with Crippen LogP contribution in [0.4, 0.5) is 18.9 Å². The predicted octanol–water partition coefficient (Wildman–Crippen LogP) is 6.63. The molecule has 0 saturated heterocycles. The van der Waals surface area contributed by atoms with Crippen molar-refractivity contribution < 1.29 is 27.4 Å². The lowest BCUT2D eigenvalue weighted by Gasteiger charge is -2.09. The molecule has 12 heteroatoms. The molecule has 0 bridgehead atoms. The molecule has 0 spiro atoms. The molecule has 0 aliphatic carbocycles. The second-order valence-corrected chi connectivity index (χ2v) is 8.96. The highest BCUT2D eigenvalue weighted by Gasteiger charge is 2.28. The lowest BCUT2D eigenvalue weighted by Crippen LogP contribution is -2.12. The summed E-state index contributed by atoms with van der Waals surface area (Å²) in [5.74, 6) is 1.05. The number of nitro benzene ring substituents is 1. The molecule has 0 N–H and O–H groups in total. The Balaban J connectivity index is 1.43. The number of imidazole rings is 1. The minimum Gasteiger partial charge on any atom is -0.369 e. The first-order chi connectivity index (χ1) is 19.2. The topological polar surface area (TPSA) is 109 Å². The molecule has 5 rings (SSSR count). The Morgan fingerprint density at radius 2 is 1.77 bits per heavy atom. The number of halogens is 3. The van der Waals surface area contributed by atoms with Gasteiger partial charge in [-0.15, -0.1) is 0 Å². The normalized spacial score (nSPS) is 11.6. The number of pyridine rings is 1. The summed E-state index contributed by atoms with van der Waals surface area (Å²) >= 11 is 0. The van der Waals surface area contributed by atoms with Crippen molar-refractivity contribution in [3.05, 3.63) is 112 Å². The van der Waals surface area contributed by atoms with E-state index in [0.29, 0.717) is 39.8 Å². The summed E-state index contributed by atoms with van der Waals surface area (Å²) in [4.78, 5) is 19.3. The smallest absolute Gasteiger partial charge is 0.369 e. The lowest BCUT2D eigenvalue weighted by atomic mass is 10.0. The molecule has 40 heavy (non-hydrogen) atoms. The quantitative estimate of drug-likeness (QED) is 0.150. The summed E-state index contributed by atoms with van der Waals surface area (Å²) < 4.78 is 50.9. The van der Waals surface area contributed by atoms with E-state index >= 15 is 0 Å². The minimum atomic E-state index is -4.33. The van der Waals surface area contributed by atoms with Crippen LogP contribution in [0.25, 0.3) is 28.2 Å². The molecule has 204 valence electrons. The second kappa shape index (κ2) is 11.1. The number of hydrogen-bond acceptors (Lipinski definition) is 7. The highest BCUT2D eigenvalue weighted by molar-refractivity contribution is 5.80. The van der Waals surface area contributed by atoms with Gasteiger partial charge in [-0.25, -0.2) is 4.98 Å². The van der Waals surface area contributed by atoms with Gasteiger partial charge < -0.3 is 13.8 Å². The third-order valence-electron chi connectivity index (χ3n) is 6.05. The van der Waals surface area contributed by atoms with Gasteiger partial charge in [0.1, 0.15) is 23.9 Å². The number of hydrogen-bond donors (Lipinski definition) is 0. The maximum absolute atomic E-state index is 12.6. The number of ether oxygens (including phenoxy) is 1. The molecule has 0 aliphatic rings. The van der Waals surface area contributed by atoms with Gasteiger partial charge >= 0.3 is 6.18 Å². The van der Waals surface area contributed by atoms with Gasteiger partial charge in [0.25, 0.3) is 5.69 Å². The molecule has 0 fully saturated rings. The summed E-state index contributed by atoms with van der Waals surface area (Å²) in [5, 5.41) is 15.4. The molecule has 3 aromatic heterocycles. The van der Waals surface area contributed by atoms with E-state index in [-0.39, 0.29) is 24.6 Å². The Hall–Kier alpha value is -4.84. The number of non-ortho nitro benzene ring substituents is 1. The standard InChI is InChI=1S/C28H22F3N5O4/c1-18-26(27(34-40-18)20-5-3-2-4-6-20)24-15-35(22-9-11-23(12-10-22)36(37)38)25(33-24)17-39-16-19-7-8-21(32-14-19)13-28(29,30)31/h2-12,14-15H,13,16-17H2,1H3. The summed E-state index contributed by atoms with van der Waals surface area (Å²) in [6.07, 6.45) is -2.31. The van der Waals surface area contributed by atoms with Crippen molar-refractivity contribution in [3.8, 4) is 28.2 Å². The van der Waals surface area contributed by atoms with Crippen molar-refractivity contribution in [1.82, 2.24) is 19.7 Å². The van der Waals surface area contributed by atoms with Crippen LogP contribution < -0.4 is 0 Å². The van der Waals surface area contributed by atoms with Crippen LogP contribution in [-0.2, 0) is 24.4 Å². The van der Waals surface area contributed by atoms with E-state index < -0.39 is 17.5 Å². The van der Waals surface area contributed by atoms with E-state index in [1.807, 2.05) is 30.3 Å². The molecule has 0 unspecified atom stereocenters. The Morgan fingerprint density at radius 1 is 1.02 bits per heavy atom. The Labute approximate surface area is 226 Å². The zero-order valence-electron chi connectivity index (χ0n) is 21.1. The lowest BCUT2D eigenvalue weighted by molar-refractivity contribution is -0.384. The first kappa shape index (κ1) is 26.8. The van der Waals surface area contributed by atoms with E-state index in [1.165, 1.54) is 30.5 Å². The average Bonchev–Trinajstić information content (AvgIpc) is 3.52. The van der Waals surface area contributed by atoms with Gasteiger partial charge in [0, 0.05) is 41.5 Å². The van der Waals surface area contributed by atoms with Gasteiger partial charge in [-0.05, 0) is 30.7 Å².